The van der Waals surface area contributed by atoms with E-state index in [2.05, 4.69) is 5.32 Å². The summed E-state index contributed by atoms with van der Waals surface area (Å²) < 4.78 is 40.7. The van der Waals surface area contributed by atoms with Crippen LogP contribution in [0.25, 0.3) is 0 Å². The SMILES string of the molecule is O=C(Nc1ccc2c(c1)N(S(=O)(=O)c1ccccc1)CCC2)c1ccc(F)cc1. The van der Waals surface area contributed by atoms with E-state index >= 15 is 0 Å². The van der Waals surface area contributed by atoms with E-state index in [1.807, 2.05) is 6.07 Å². The van der Waals surface area contributed by atoms with Crippen LogP contribution in [0.4, 0.5) is 15.8 Å². The highest BCUT2D eigenvalue weighted by atomic mass is 32.2. The Bertz CT molecular complexity index is 1150. The molecule has 3 aromatic rings. The number of anilines is 2. The largest absolute Gasteiger partial charge is 0.322 e. The minimum Gasteiger partial charge on any atom is -0.322 e. The molecule has 1 amide bonds. The first-order valence-corrected chi connectivity index (χ1v) is 10.7. The monoisotopic (exact) mass is 410 g/mol. The molecular weight excluding hydrogens is 391 g/mol. The summed E-state index contributed by atoms with van der Waals surface area (Å²) in [5, 5.41) is 2.76. The Hall–Kier alpha value is -3.19. The maximum Gasteiger partial charge on any atom is 0.264 e. The van der Waals surface area contributed by atoms with Gasteiger partial charge in [0.1, 0.15) is 5.82 Å². The molecule has 0 aliphatic carbocycles. The molecule has 1 aliphatic heterocycles. The van der Waals surface area contributed by atoms with Crippen molar-refractivity contribution < 1.29 is 17.6 Å². The van der Waals surface area contributed by atoms with Crippen molar-refractivity contribution in [3.63, 3.8) is 0 Å². The van der Waals surface area contributed by atoms with Gasteiger partial charge in [-0.25, -0.2) is 12.8 Å². The van der Waals surface area contributed by atoms with Crippen molar-refractivity contribution in [3.8, 4) is 0 Å². The molecule has 0 spiro atoms. The lowest BCUT2D eigenvalue weighted by Gasteiger charge is -2.31. The Kier molecular flexibility index (Phi) is 5.07. The van der Waals surface area contributed by atoms with Crippen molar-refractivity contribution >= 4 is 27.3 Å². The first-order chi connectivity index (χ1) is 13.9. The number of benzene rings is 3. The molecule has 1 N–H and O–H groups in total. The summed E-state index contributed by atoms with van der Waals surface area (Å²) in [5.41, 5.74) is 2.28. The predicted molar refractivity (Wildman–Crippen MR) is 110 cm³/mol. The van der Waals surface area contributed by atoms with Crippen LogP contribution in [0, 0.1) is 5.82 Å². The average Bonchev–Trinajstić information content (AvgIpc) is 2.74. The molecule has 0 radical (unpaired) electrons. The molecule has 0 saturated carbocycles. The van der Waals surface area contributed by atoms with Crippen molar-refractivity contribution in [1.82, 2.24) is 0 Å². The maximum atomic E-state index is 13.1. The number of sulfonamides is 1. The number of carbonyl (C=O) groups is 1. The summed E-state index contributed by atoms with van der Waals surface area (Å²) in [7, 11) is -3.70. The molecule has 29 heavy (non-hydrogen) atoms. The molecule has 3 aromatic carbocycles. The molecule has 0 atom stereocenters. The van der Waals surface area contributed by atoms with Gasteiger partial charge in [0.05, 0.1) is 10.6 Å². The predicted octanol–water partition coefficient (Wildman–Crippen LogP) is 4.22. The van der Waals surface area contributed by atoms with Crippen LogP contribution in [0.15, 0.2) is 77.7 Å². The van der Waals surface area contributed by atoms with E-state index in [0.717, 1.165) is 18.4 Å². The number of halogens is 1. The van der Waals surface area contributed by atoms with Crippen LogP contribution in [0.2, 0.25) is 0 Å². The minimum absolute atomic E-state index is 0.230. The number of hydrogen-bond acceptors (Lipinski definition) is 3. The zero-order valence-electron chi connectivity index (χ0n) is 15.5. The van der Waals surface area contributed by atoms with Gasteiger partial charge in [-0.15, -0.1) is 0 Å². The van der Waals surface area contributed by atoms with Crippen LogP contribution in [0.5, 0.6) is 0 Å². The Morgan fingerprint density at radius 3 is 2.41 bits per heavy atom. The van der Waals surface area contributed by atoms with Crippen LogP contribution in [0.1, 0.15) is 22.3 Å². The summed E-state index contributed by atoms with van der Waals surface area (Å²) in [4.78, 5) is 12.7. The number of nitrogens with one attached hydrogen (secondary N) is 1. The molecule has 148 valence electrons. The van der Waals surface area contributed by atoms with Gasteiger partial charge in [0.2, 0.25) is 0 Å². The highest BCUT2D eigenvalue weighted by Crippen LogP contribution is 2.34. The van der Waals surface area contributed by atoms with Crippen LogP contribution in [0.3, 0.4) is 0 Å². The van der Waals surface area contributed by atoms with E-state index in [9.17, 15) is 17.6 Å². The van der Waals surface area contributed by atoms with Crippen LogP contribution in [-0.4, -0.2) is 20.9 Å². The molecule has 5 nitrogen and oxygen atoms in total. The topological polar surface area (TPSA) is 66.5 Å². The van der Waals surface area contributed by atoms with E-state index in [4.69, 9.17) is 0 Å². The van der Waals surface area contributed by atoms with Crippen LogP contribution >= 0.6 is 0 Å². The fraction of sp³-hybridized carbons (Fsp3) is 0.136. The third-order valence-electron chi connectivity index (χ3n) is 4.86. The number of fused-ring (bicyclic) bond motifs is 1. The number of aryl methyl sites for hydroxylation is 1. The Balaban J connectivity index is 1.65. The van der Waals surface area contributed by atoms with E-state index in [1.165, 1.54) is 28.6 Å². The van der Waals surface area contributed by atoms with Gasteiger partial charge < -0.3 is 5.32 Å². The first kappa shape index (κ1) is 19.1. The van der Waals surface area contributed by atoms with E-state index < -0.39 is 21.7 Å². The van der Waals surface area contributed by atoms with Gasteiger partial charge in [-0.2, -0.15) is 0 Å². The Labute approximate surface area is 168 Å². The molecule has 7 heteroatoms. The molecule has 4 rings (SSSR count). The second-order valence-electron chi connectivity index (χ2n) is 6.80. The fourth-order valence-corrected chi connectivity index (χ4v) is 4.95. The zero-order chi connectivity index (χ0) is 20.4. The number of hydrogen-bond donors (Lipinski definition) is 1. The Morgan fingerprint density at radius 2 is 1.69 bits per heavy atom. The van der Waals surface area contributed by atoms with Crippen LogP contribution < -0.4 is 9.62 Å². The molecule has 0 fully saturated rings. The fourth-order valence-electron chi connectivity index (χ4n) is 3.39. The molecule has 0 unspecified atom stereocenters. The third kappa shape index (κ3) is 3.86. The van der Waals surface area contributed by atoms with Gasteiger partial charge in [0, 0.05) is 17.8 Å². The highest BCUT2D eigenvalue weighted by Gasteiger charge is 2.29. The summed E-state index contributed by atoms with van der Waals surface area (Å²) in [6.45, 7) is 0.375. The summed E-state index contributed by atoms with van der Waals surface area (Å²) >= 11 is 0. The standard InChI is InChI=1S/C22H19FN2O3S/c23-18-11-8-17(9-12-18)22(26)24-19-13-10-16-5-4-14-25(21(16)15-19)29(27,28)20-6-2-1-3-7-20/h1-3,6-13,15H,4-5,14H2,(H,24,26). The van der Waals surface area contributed by atoms with Gasteiger partial charge in [-0.05, 0) is 66.9 Å². The number of rotatable bonds is 4. The van der Waals surface area contributed by atoms with Gasteiger partial charge in [-0.3, -0.25) is 9.10 Å². The molecular formula is C22H19FN2O3S. The normalized spacial score (nSPS) is 13.6. The number of nitrogens with zero attached hydrogens (tertiary/aromatic N) is 1. The summed E-state index contributed by atoms with van der Waals surface area (Å²) in [5.74, 6) is -0.810. The lowest BCUT2D eigenvalue weighted by atomic mass is 10.0. The highest BCUT2D eigenvalue weighted by molar-refractivity contribution is 7.92. The molecule has 0 aromatic heterocycles. The molecule has 0 saturated heterocycles. The quantitative estimate of drug-likeness (QED) is 0.700. The van der Waals surface area contributed by atoms with Crippen LogP contribution in [-0.2, 0) is 16.4 Å². The Morgan fingerprint density at radius 1 is 0.966 bits per heavy atom. The minimum atomic E-state index is -3.70. The average molecular weight is 410 g/mol. The summed E-state index contributed by atoms with van der Waals surface area (Å²) in [6, 6.07) is 18.8. The lowest BCUT2D eigenvalue weighted by molar-refractivity contribution is 0.102. The number of carbonyl (C=O) groups excluding carboxylic acids is 1. The van der Waals surface area contributed by atoms with E-state index in [1.54, 1.807) is 42.5 Å². The van der Waals surface area contributed by atoms with Gasteiger partial charge >= 0.3 is 0 Å². The van der Waals surface area contributed by atoms with Gasteiger partial charge in [0.15, 0.2) is 0 Å². The molecule has 0 bridgehead atoms. The van der Waals surface area contributed by atoms with Gasteiger partial charge in [0.25, 0.3) is 15.9 Å². The van der Waals surface area contributed by atoms with Gasteiger partial charge in [-0.1, -0.05) is 24.3 Å². The second kappa shape index (κ2) is 7.67. The van der Waals surface area contributed by atoms with Crippen molar-refractivity contribution in [2.24, 2.45) is 0 Å². The molecule has 1 aliphatic rings. The smallest absolute Gasteiger partial charge is 0.264 e. The second-order valence-corrected chi connectivity index (χ2v) is 8.66. The summed E-state index contributed by atoms with van der Waals surface area (Å²) in [6.07, 6.45) is 1.49. The third-order valence-corrected chi connectivity index (χ3v) is 6.68. The molecule has 1 heterocycles. The van der Waals surface area contributed by atoms with Crippen molar-refractivity contribution in [1.29, 1.82) is 0 Å². The van der Waals surface area contributed by atoms with Crippen molar-refractivity contribution in [3.05, 3.63) is 89.7 Å². The lowest BCUT2D eigenvalue weighted by Crippen LogP contribution is -2.35. The maximum absolute atomic E-state index is 13.1. The van der Waals surface area contributed by atoms with Crippen molar-refractivity contribution in [2.75, 3.05) is 16.2 Å². The zero-order valence-corrected chi connectivity index (χ0v) is 16.3. The van der Waals surface area contributed by atoms with E-state index in [-0.39, 0.29) is 4.90 Å². The van der Waals surface area contributed by atoms with E-state index in [0.29, 0.717) is 23.5 Å². The first-order valence-electron chi connectivity index (χ1n) is 9.23. The number of amides is 1. The van der Waals surface area contributed by atoms with Crippen molar-refractivity contribution in [2.45, 2.75) is 17.7 Å².